The van der Waals surface area contributed by atoms with Gasteiger partial charge in [0.15, 0.2) is 0 Å². The van der Waals surface area contributed by atoms with Crippen LogP contribution in [0.15, 0.2) is 36.4 Å². The minimum absolute atomic E-state index is 0.0297. The average Bonchev–Trinajstić information content (AvgIpc) is 2.43. The molecule has 0 radical (unpaired) electrons. The second kappa shape index (κ2) is 5.58. The van der Waals surface area contributed by atoms with Crippen molar-refractivity contribution < 1.29 is 14.1 Å². The molecule has 7 heteroatoms. The van der Waals surface area contributed by atoms with Crippen LogP contribution in [0.25, 0.3) is 0 Å². The molecule has 21 heavy (non-hydrogen) atoms. The quantitative estimate of drug-likeness (QED) is 0.515. The molecule has 108 valence electrons. The lowest BCUT2D eigenvalue weighted by Gasteiger charge is -2.07. The molecule has 1 amide bonds. The summed E-state index contributed by atoms with van der Waals surface area (Å²) in [6.45, 7) is 1.60. The number of nitrogen functional groups attached to an aromatic ring is 1. The molecule has 6 nitrogen and oxygen atoms in total. The Kier molecular flexibility index (Phi) is 3.84. The molecule has 0 aliphatic heterocycles. The summed E-state index contributed by atoms with van der Waals surface area (Å²) in [4.78, 5) is 22.1. The van der Waals surface area contributed by atoms with E-state index < -0.39 is 16.6 Å². The SMILES string of the molecule is Cc1ccc(NC(=O)c2ccc(N)c([N+](=O)[O-])c2)cc1F. The predicted molar refractivity (Wildman–Crippen MR) is 76.6 cm³/mol. The number of nitrogens with zero attached hydrogens (tertiary/aromatic N) is 1. The fraction of sp³-hybridized carbons (Fsp3) is 0.0714. The van der Waals surface area contributed by atoms with Crippen molar-refractivity contribution in [2.45, 2.75) is 6.92 Å². The number of rotatable bonds is 3. The van der Waals surface area contributed by atoms with Crippen LogP contribution in [0.3, 0.4) is 0 Å². The molecule has 0 fully saturated rings. The highest BCUT2D eigenvalue weighted by molar-refractivity contribution is 6.05. The van der Waals surface area contributed by atoms with Crippen LogP contribution in [-0.2, 0) is 0 Å². The van der Waals surface area contributed by atoms with Gasteiger partial charge in [0.2, 0.25) is 0 Å². The van der Waals surface area contributed by atoms with E-state index in [1.807, 2.05) is 0 Å². The Bertz CT molecular complexity index is 731. The summed E-state index contributed by atoms with van der Waals surface area (Å²) in [5.41, 5.74) is 5.87. The van der Waals surface area contributed by atoms with Gasteiger partial charge in [-0.3, -0.25) is 14.9 Å². The lowest BCUT2D eigenvalue weighted by molar-refractivity contribution is -0.383. The zero-order chi connectivity index (χ0) is 15.6. The van der Waals surface area contributed by atoms with E-state index in [4.69, 9.17) is 5.73 Å². The Morgan fingerprint density at radius 2 is 2.00 bits per heavy atom. The highest BCUT2D eigenvalue weighted by Crippen LogP contribution is 2.23. The Morgan fingerprint density at radius 1 is 1.29 bits per heavy atom. The number of halogens is 1. The molecule has 0 spiro atoms. The Hall–Kier alpha value is -2.96. The van der Waals surface area contributed by atoms with Crippen LogP contribution >= 0.6 is 0 Å². The first-order chi connectivity index (χ1) is 9.88. The maximum Gasteiger partial charge on any atom is 0.292 e. The van der Waals surface area contributed by atoms with E-state index in [1.165, 1.54) is 24.3 Å². The topological polar surface area (TPSA) is 98.3 Å². The maximum absolute atomic E-state index is 13.4. The fourth-order valence-corrected chi connectivity index (χ4v) is 1.72. The van der Waals surface area contributed by atoms with Gasteiger partial charge in [-0.15, -0.1) is 0 Å². The number of carbonyl (C=O) groups excluding carboxylic acids is 1. The van der Waals surface area contributed by atoms with Gasteiger partial charge in [-0.2, -0.15) is 0 Å². The third-order valence-electron chi connectivity index (χ3n) is 2.92. The maximum atomic E-state index is 13.4. The molecule has 2 aromatic carbocycles. The monoisotopic (exact) mass is 289 g/mol. The van der Waals surface area contributed by atoms with Crippen molar-refractivity contribution in [1.29, 1.82) is 0 Å². The highest BCUT2D eigenvalue weighted by atomic mass is 19.1. The molecule has 0 unspecified atom stereocenters. The summed E-state index contributed by atoms with van der Waals surface area (Å²) in [7, 11) is 0. The van der Waals surface area contributed by atoms with Crippen LogP contribution in [0, 0.1) is 22.9 Å². The minimum Gasteiger partial charge on any atom is -0.393 e. The number of amides is 1. The van der Waals surface area contributed by atoms with Crippen molar-refractivity contribution in [1.82, 2.24) is 0 Å². The summed E-state index contributed by atoms with van der Waals surface area (Å²) < 4.78 is 13.4. The van der Waals surface area contributed by atoms with Gasteiger partial charge in [-0.1, -0.05) is 6.07 Å². The van der Waals surface area contributed by atoms with Crippen molar-refractivity contribution in [3.05, 3.63) is 63.5 Å². The van der Waals surface area contributed by atoms with Gasteiger partial charge in [0.25, 0.3) is 11.6 Å². The van der Waals surface area contributed by atoms with E-state index in [0.29, 0.717) is 5.56 Å². The van der Waals surface area contributed by atoms with E-state index in [2.05, 4.69) is 5.32 Å². The van der Waals surface area contributed by atoms with E-state index in [0.717, 1.165) is 6.07 Å². The molecule has 0 aromatic heterocycles. The molecule has 0 aliphatic rings. The van der Waals surface area contributed by atoms with Crippen LogP contribution in [0.2, 0.25) is 0 Å². The first kappa shape index (κ1) is 14.4. The number of nitro benzene ring substituents is 1. The summed E-state index contributed by atoms with van der Waals surface area (Å²) in [6, 6.07) is 7.97. The average molecular weight is 289 g/mol. The Morgan fingerprint density at radius 3 is 2.62 bits per heavy atom. The number of nitrogens with one attached hydrogen (secondary N) is 1. The van der Waals surface area contributed by atoms with Gasteiger partial charge in [-0.05, 0) is 36.8 Å². The molecule has 0 heterocycles. The van der Waals surface area contributed by atoms with Gasteiger partial charge in [0, 0.05) is 17.3 Å². The third-order valence-corrected chi connectivity index (χ3v) is 2.92. The molecule has 0 atom stereocenters. The number of hydrogen-bond acceptors (Lipinski definition) is 4. The van der Waals surface area contributed by atoms with E-state index in [9.17, 15) is 19.3 Å². The van der Waals surface area contributed by atoms with Crippen LogP contribution in [-0.4, -0.2) is 10.8 Å². The highest BCUT2D eigenvalue weighted by Gasteiger charge is 2.16. The van der Waals surface area contributed by atoms with Crippen LogP contribution in [0.5, 0.6) is 0 Å². The van der Waals surface area contributed by atoms with Gasteiger partial charge >= 0.3 is 0 Å². The largest absolute Gasteiger partial charge is 0.393 e. The fourth-order valence-electron chi connectivity index (χ4n) is 1.72. The Balaban J connectivity index is 2.26. The summed E-state index contributed by atoms with van der Waals surface area (Å²) in [5, 5.41) is 13.3. The third kappa shape index (κ3) is 3.14. The van der Waals surface area contributed by atoms with Gasteiger partial charge in [0.05, 0.1) is 4.92 Å². The first-order valence-electron chi connectivity index (χ1n) is 6.00. The molecule has 0 saturated heterocycles. The molecule has 0 aliphatic carbocycles. The lowest BCUT2D eigenvalue weighted by Crippen LogP contribution is -2.12. The smallest absolute Gasteiger partial charge is 0.292 e. The van der Waals surface area contributed by atoms with Crippen molar-refractivity contribution in [3.8, 4) is 0 Å². The minimum atomic E-state index is -0.669. The van der Waals surface area contributed by atoms with Gasteiger partial charge in [-0.25, -0.2) is 4.39 Å². The lowest BCUT2D eigenvalue weighted by atomic mass is 10.1. The summed E-state index contributed by atoms with van der Waals surface area (Å²) >= 11 is 0. The summed E-state index contributed by atoms with van der Waals surface area (Å²) in [5.74, 6) is -1.03. The molecule has 2 rings (SSSR count). The van der Waals surface area contributed by atoms with Crippen molar-refractivity contribution in [3.63, 3.8) is 0 Å². The Labute approximate surface area is 119 Å². The number of benzene rings is 2. The van der Waals surface area contributed by atoms with Crippen LogP contribution in [0.1, 0.15) is 15.9 Å². The number of aryl methyl sites for hydroxylation is 1. The standard InChI is InChI=1S/C14H12FN3O3/c1-8-2-4-10(7-11(8)15)17-14(19)9-3-5-12(16)13(6-9)18(20)21/h2-7H,16H2,1H3,(H,17,19). The molecular weight excluding hydrogens is 277 g/mol. The number of carbonyl (C=O) groups is 1. The zero-order valence-corrected chi connectivity index (χ0v) is 11.1. The zero-order valence-electron chi connectivity index (χ0n) is 11.1. The molecule has 3 N–H and O–H groups in total. The second-order valence-corrected chi connectivity index (χ2v) is 4.45. The predicted octanol–water partition coefficient (Wildman–Crippen LogP) is 2.88. The number of hydrogen-bond donors (Lipinski definition) is 2. The number of nitro groups is 1. The van der Waals surface area contributed by atoms with E-state index >= 15 is 0 Å². The molecular formula is C14H12FN3O3. The second-order valence-electron chi connectivity index (χ2n) is 4.45. The number of anilines is 2. The van der Waals surface area contributed by atoms with Gasteiger partial charge in [0.1, 0.15) is 11.5 Å². The number of nitrogens with two attached hydrogens (primary N) is 1. The van der Waals surface area contributed by atoms with Crippen LogP contribution < -0.4 is 11.1 Å². The normalized spacial score (nSPS) is 10.2. The molecule has 2 aromatic rings. The van der Waals surface area contributed by atoms with Crippen molar-refractivity contribution >= 4 is 23.0 Å². The summed E-state index contributed by atoms with van der Waals surface area (Å²) in [6.07, 6.45) is 0. The first-order valence-corrected chi connectivity index (χ1v) is 6.00. The van der Waals surface area contributed by atoms with Crippen molar-refractivity contribution in [2.75, 3.05) is 11.1 Å². The van der Waals surface area contributed by atoms with E-state index in [-0.39, 0.29) is 22.6 Å². The van der Waals surface area contributed by atoms with Crippen LogP contribution in [0.4, 0.5) is 21.5 Å². The van der Waals surface area contributed by atoms with E-state index in [1.54, 1.807) is 13.0 Å². The molecule has 0 saturated carbocycles. The van der Waals surface area contributed by atoms with Gasteiger partial charge < -0.3 is 11.1 Å². The molecule has 0 bridgehead atoms. The van der Waals surface area contributed by atoms with Crippen molar-refractivity contribution in [2.24, 2.45) is 0 Å².